The maximum Gasteiger partial charge on any atom is 0.158 e. The molecular formula is C14H21N5OS. The lowest BCUT2D eigenvalue weighted by molar-refractivity contribution is 0.128. The van der Waals surface area contributed by atoms with Crippen LogP contribution in [0.4, 0.5) is 11.6 Å². The summed E-state index contributed by atoms with van der Waals surface area (Å²) < 4.78 is 5.38. The fourth-order valence-electron chi connectivity index (χ4n) is 1.79. The van der Waals surface area contributed by atoms with Crippen molar-refractivity contribution >= 4 is 23.0 Å². The minimum absolute atomic E-state index is 0.427. The second-order valence-corrected chi connectivity index (χ2v) is 5.30. The van der Waals surface area contributed by atoms with Crippen LogP contribution in [0.1, 0.15) is 24.7 Å². The second kappa shape index (κ2) is 8.53. The Hall–Kier alpha value is -1.73. The highest BCUT2D eigenvalue weighted by atomic mass is 32.1. The summed E-state index contributed by atoms with van der Waals surface area (Å²) in [4.78, 5) is 13.2. The average Bonchev–Trinajstić information content (AvgIpc) is 2.99. The van der Waals surface area contributed by atoms with Crippen molar-refractivity contribution in [3.8, 4) is 0 Å². The van der Waals surface area contributed by atoms with Crippen molar-refractivity contribution in [3.63, 3.8) is 0 Å². The van der Waals surface area contributed by atoms with Crippen LogP contribution < -0.4 is 10.6 Å². The van der Waals surface area contributed by atoms with Crippen molar-refractivity contribution in [1.29, 1.82) is 0 Å². The third kappa shape index (κ3) is 5.28. The molecule has 114 valence electrons. The van der Waals surface area contributed by atoms with Gasteiger partial charge in [0.15, 0.2) is 5.82 Å². The third-order valence-electron chi connectivity index (χ3n) is 2.69. The van der Waals surface area contributed by atoms with E-state index < -0.39 is 0 Å². The molecule has 0 aliphatic rings. The number of anilines is 2. The summed E-state index contributed by atoms with van der Waals surface area (Å²) in [6.07, 6.45) is 2.72. The number of nitrogens with one attached hydrogen (secondary N) is 2. The zero-order valence-corrected chi connectivity index (χ0v) is 13.2. The van der Waals surface area contributed by atoms with Crippen molar-refractivity contribution in [3.05, 3.63) is 28.5 Å². The summed E-state index contributed by atoms with van der Waals surface area (Å²) in [5.74, 6) is 2.32. The molecule has 0 saturated carbocycles. The summed E-state index contributed by atoms with van der Waals surface area (Å²) >= 11 is 1.67. The van der Waals surface area contributed by atoms with Gasteiger partial charge in [-0.2, -0.15) is 0 Å². The van der Waals surface area contributed by atoms with Crippen LogP contribution >= 0.6 is 11.3 Å². The predicted molar refractivity (Wildman–Crippen MR) is 85.8 cm³/mol. The Bertz CT molecular complexity index is 532. The van der Waals surface area contributed by atoms with Crippen molar-refractivity contribution in [2.24, 2.45) is 0 Å². The Morgan fingerprint density at radius 1 is 1.19 bits per heavy atom. The van der Waals surface area contributed by atoms with Gasteiger partial charge < -0.3 is 15.4 Å². The minimum Gasteiger partial charge on any atom is -0.374 e. The van der Waals surface area contributed by atoms with Gasteiger partial charge in [-0.3, -0.25) is 0 Å². The fraction of sp³-hybridized carbons (Fsp3) is 0.500. The molecule has 0 atom stereocenters. The van der Waals surface area contributed by atoms with Crippen LogP contribution in [0.2, 0.25) is 0 Å². The van der Waals surface area contributed by atoms with E-state index in [9.17, 15) is 0 Å². The first-order valence-electron chi connectivity index (χ1n) is 7.13. The SMILES string of the molecule is CCNc1cc(NCCc2nccs2)nc(COCC)n1. The van der Waals surface area contributed by atoms with E-state index in [4.69, 9.17) is 4.74 Å². The first kappa shape index (κ1) is 15.7. The molecule has 6 nitrogen and oxygen atoms in total. The monoisotopic (exact) mass is 307 g/mol. The Labute approximate surface area is 129 Å². The molecule has 0 aromatic carbocycles. The minimum atomic E-state index is 0.427. The number of hydrogen-bond acceptors (Lipinski definition) is 7. The van der Waals surface area contributed by atoms with Crippen LogP contribution in [-0.2, 0) is 17.8 Å². The highest BCUT2D eigenvalue weighted by molar-refractivity contribution is 7.09. The van der Waals surface area contributed by atoms with Gasteiger partial charge in [0, 0.05) is 43.8 Å². The zero-order chi connectivity index (χ0) is 14.9. The topological polar surface area (TPSA) is 72.0 Å². The van der Waals surface area contributed by atoms with E-state index in [2.05, 4.69) is 25.6 Å². The maximum absolute atomic E-state index is 5.38. The van der Waals surface area contributed by atoms with E-state index in [0.29, 0.717) is 19.0 Å². The molecule has 2 heterocycles. The smallest absolute Gasteiger partial charge is 0.158 e. The third-order valence-corrected chi connectivity index (χ3v) is 3.53. The van der Waals surface area contributed by atoms with Crippen LogP contribution in [0, 0.1) is 0 Å². The summed E-state index contributed by atoms with van der Waals surface area (Å²) in [6.45, 7) is 6.70. The molecule has 0 fully saturated rings. The van der Waals surface area contributed by atoms with Gasteiger partial charge in [-0.1, -0.05) is 0 Å². The lowest BCUT2D eigenvalue weighted by Crippen LogP contribution is -2.11. The first-order valence-corrected chi connectivity index (χ1v) is 8.01. The summed E-state index contributed by atoms with van der Waals surface area (Å²) in [6, 6.07) is 1.92. The number of rotatable bonds is 9. The molecule has 0 radical (unpaired) electrons. The second-order valence-electron chi connectivity index (χ2n) is 4.32. The molecule has 2 aromatic heterocycles. The molecule has 0 spiro atoms. The molecule has 21 heavy (non-hydrogen) atoms. The highest BCUT2D eigenvalue weighted by Gasteiger charge is 2.05. The summed E-state index contributed by atoms with van der Waals surface area (Å²) in [7, 11) is 0. The number of hydrogen-bond donors (Lipinski definition) is 2. The van der Waals surface area contributed by atoms with E-state index in [0.717, 1.165) is 36.2 Å². The van der Waals surface area contributed by atoms with Crippen molar-refractivity contribution in [2.45, 2.75) is 26.9 Å². The molecule has 0 aliphatic heterocycles. The number of aromatic nitrogens is 3. The normalized spacial score (nSPS) is 10.6. The van der Waals surface area contributed by atoms with Crippen LogP contribution in [-0.4, -0.2) is 34.6 Å². The van der Waals surface area contributed by atoms with E-state index >= 15 is 0 Å². The van der Waals surface area contributed by atoms with Crippen LogP contribution in [0.25, 0.3) is 0 Å². The van der Waals surface area contributed by atoms with Crippen molar-refractivity contribution in [2.75, 3.05) is 30.3 Å². The molecule has 0 saturated heterocycles. The molecule has 7 heteroatoms. The lowest BCUT2D eigenvalue weighted by atomic mass is 10.4. The summed E-state index contributed by atoms with van der Waals surface area (Å²) in [5, 5.41) is 9.64. The Morgan fingerprint density at radius 3 is 2.67 bits per heavy atom. The van der Waals surface area contributed by atoms with Crippen LogP contribution in [0.15, 0.2) is 17.6 Å². The highest BCUT2D eigenvalue weighted by Crippen LogP contribution is 2.12. The van der Waals surface area contributed by atoms with Gasteiger partial charge in [-0.05, 0) is 13.8 Å². The van der Waals surface area contributed by atoms with E-state index in [1.165, 1.54) is 0 Å². The average molecular weight is 307 g/mol. The summed E-state index contributed by atoms with van der Waals surface area (Å²) in [5.41, 5.74) is 0. The van der Waals surface area contributed by atoms with Gasteiger partial charge in [-0.25, -0.2) is 15.0 Å². The Morgan fingerprint density at radius 2 is 2.00 bits per heavy atom. The number of ether oxygens (including phenoxy) is 1. The van der Waals surface area contributed by atoms with Gasteiger partial charge in [-0.15, -0.1) is 11.3 Å². The first-order chi connectivity index (χ1) is 10.3. The van der Waals surface area contributed by atoms with Crippen LogP contribution in [0.3, 0.4) is 0 Å². The molecule has 0 aliphatic carbocycles. The molecule has 2 rings (SSSR count). The van der Waals surface area contributed by atoms with E-state index in [-0.39, 0.29) is 0 Å². The molecule has 0 unspecified atom stereocenters. The maximum atomic E-state index is 5.38. The standard InChI is InChI=1S/C14H21N5OS/c1-3-15-11-9-12(19-13(18-11)10-20-4-2)16-6-5-14-17-7-8-21-14/h7-9H,3-6,10H2,1-2H3,(H2,15,16,18,19). The van der Waals surface area contributed by atoms with Gasteiger partial charge in [0.05, 0.1) is 5.01 Å². The van der Waals surface area contributed by atoms with E-state index in [1.54, 1.807) is 11.3 Å². The predicted octanol–water partition coefficient (Wildman–Crippen LogP) is 2.56. The molecule has 2 aromatic rings. The number of thiazole rings is 1. The molecule has 0 amide bonds. The largest absolute Gasteiger partial charge is 0.374 e. The van der Waals surface area contributed by atoms with Gasteiger partial charge >= 0.3 is 0 Å². The Balaban J connectivity index is 1.97. The van der Waals surface area contributed by atoms with Crippen molar-refractivity contribution in [1.82, 2.24) is 15.0 Å². The van der Waals surface area contributed by atoms with Crippen molar-refractivity contribution < 1.29 is 4.74 Å². The zero-order valence-electron chi connectivity index (χ0n) is 12.4. The van der Waals surface area contributed by atoms with Crippen LogP contribution in [0.5, 0.6) is 0 Å². The fourth-order valence-corrected chi connectivity index (χ4v) is 2.41. The van der Waals surface area contributed by atoms with E-state index in [1.807, 2.05) is 31.5 Å². The molecule has 2 N–H and O–H groups in total. The van der Waals surface area contributed by atoms with Gasteiger partial charge in [0.1, 0.15) is 18.2 Å². The van der Waals surface area contributed by atoms with Gasteiger partial charge in [0.2, 0.25) is 0 Å². The molecular weight excluding hydrogens is 286 g/mol. The van der Waals surface area contributed by atoms with Gasteiger partial charge in [0.25, 0.3) is 0 Å². The quantitative estimate of drug-likeness (QED) is 0.742. The molecule has 0 bridgehead atoms. The number of nitrogens with zero attached hydrogens (tertiary/aromatic N) is 3. The Kier molecular flexibility index (Phi) is 6.36. The lowest BCUT2D eigenvalue weighted by Gasteiger charge is -2.10.